The minimum atomic E-state index is 1.12. The van der Waals surface area contributed by atoms with Crippen molar-refractivity contribution in [3.05, 3.63) is 58.9 Å². The third kappa shape index (κ3) is 3.63. The summed E-state index contributed by atoms with van der Waals surface area (Å²) in [7, 11) is 0. The van der Waals surface area contributed by atoms with Crippen LogP contribution in [0.15, 0.2) is 36.7 Å². The number of hydrogen-bond acceptors (Lipinski definition) is 1. The molecule has 0 spiro atoms. The van der Waals surface area contributed by atoms with Gasteiger partial charge in [0.1, 0.15) is 6.54 Å². The first-order valence-electron chi connectivity index (χ1n) is 9.91. The molecule has 2 nitrogen and oxygen atoms in total. The molecule has 0 fully saturated rings. The van der Waals surface area contributed by atoms with E-state index in [9.17, 15) is 0 Å². The van der Waals surface area contributed by atoms with E-state index in [1.54, 1.807) is 16.8 Å². The topological polar surface area (TPSA) is 7.12 Å². The second-order valence-electron chi connectivity index (χ2n) is 7.44. The molecule has 2 aliphatic rings. The van der Waals surface area contributed by atoms with E-state index in [2.05, 4.69) is 65.2 Å². The van der Waals surface area contributed by atoms with Gasteiger partial charge >= 0.3 is 0 Å². The van der Waals surface area contributed by atoms with Crippen molar-refractivity contribution in [2.24, 2.45) is 0 Å². The van der Waals surface area contributed by atoms with E-state index < -0.39 is 0 Å². The highest BCUT2D eigenvalue weighted by Crippen LogP contribution is 2.36. The Morgan fingerprint density at radius 1 is 0.960 bits per heavy atom. The van der Waals surface area contributed by atoms with Gasteiger partial charge in [0.15, 0.2) is 12.4 Å². The largest absolute Gasteiger partial charge is 0.371 e. The van der Waals surface area contributed by atoms with E-state index in [4.69, 9.17) is 0 Å². The van der Waals surface area contributed by atoms with Gasteiger partial charge in [-0.2, -0.15) is 0 Å². The van der Waals surface area contributed by atoms with E-state index >= 15 is 0 Å². The van der Waals surface area contributed by atoms with Crippen LogP contribution in [0.25, 0.3) is 12.2 Å². The molecular formula is C23H29N2+. The molecule has 0 bridgehead atoms. The zero-order valence-corrected chi connectivity index (χ0v) is 15.4. The molecule has 0 radical (unpaired) electrons. The van der Waals surface area contributed by atoms with Crippen molar-refractivity contribution >= 4 is 17.8 Å². The van der Waals surface area contributed by atoms with Crippen molar-refractivity contribution in [3.63, 3.8) is 0 Å². The summed E-state index contributed by atoms with van der Waals surface area (Å²) in [5.41, 5.74) is 7.33. The Morgan fingerprint density at radius 3 is 2.24 bits per heavy atom. The number of unbranched alkanes of at least 4 members (excludes halogenated alkanes) is 1. The lowest BCUT2D eigenvalue weighted by atomic mass is 9.90. The molecular weight excluding hydrogens is 304 g/mol. The summed E-state index contributed by atoms with van der Waals surface area (Å²) in [6, 6.07) is 9.26. The number of pyridine rings is 1. The summed E-state index contributed by atoms with van der Waals surface area (Å²) in [5, 5.41) is 0. The molecule has 0 unspecified atom stereocenters. The fraction of sp³-hybridized carbons (Fsp3) is 0.435. The molecule has 3 heterocycles. The molecule has 0 atom stereocenters. The van der Waals surface area contributed by atoms with Crippen LogP contribution in [-0.2, 0) is 19.4 Å². The Bertz CT molecular complexity index is 727. The molecule has 0 saturated heterocycles. The van der Waals surface area contributed by atoms with E-state index in [-0.39, 0.29) is 0 Å². The molecule has 0 aliphatic carbocycles. The maximum absolute atomic E-state index is 2.61. The summed E-state index contributed by atoms with van der Waals surface area (Å²) >= 11 is 0. The van der Waals surface area contributed by atoms with Gasteiger partial charge in [0.25, 0.3) is 0 Å². The summed E-state index contributed by atoms with van der Waals surface area (Å²) in [4.78, 5) is 2.61. The number of aryl methyl sites for hydroxylation is 3. The van der Waals surface area contributed by atoms with Crippen LogP contribution >= 0.6 is 0 Å². The average molecular weight is 333 g/mol. The molecule has 2 aromatic rings. The predicted molar refractivity (Wildman–Crippen MR) is 106 cm³/mol. The predicted octanol–water partition coefficient (Wildman–Crippen LogP) is 4.64. The zero-order valence-electron chi connectivity index (χ0n) is 15.4. The standard InChI is InChI=1S/C23H29N2/c1-2-3-12-24-15-10-19(11-16-24)8-9-20-17-21-6-4-13-25-14-5-7-22(18-20)23(21)25/h8-11,15-18H,2-7,12-14H2,1H3/q+1. The zero-order chi connectivity index (χ0) is 17.1. The lowest BCUT2D eigenvalue weighted by Crippen LogP contribution is -2.34. The van der Waals surface area contributed by atoms with Crippen LogP contribution in [0.3, 0.4) is 0 Å². The Morgan fingerprint density at radius 2 is 1.60 bits per heavy atom. The number of hydrogen-bond donors (Lipinski definition) is 0. The van der Waals surface area contributed by atoms with E-state index in [0.717, 1.165) is 6.54 Å². The van der Waals surface area contributed by atoms with Crippen molar-refractivity contribution in [1.29, 1.82) is 0 Å². The molecule has 0 saturated carbocycles. The summed E-state index contributed by atoms with van der Waals surface area (Å²) < 4.78 is 2.28. The SMILES string of the molecule is CCCC[n+]1ccc(/C=C/c2cc3c4c(c2)CCCN4CCC3)cc1. The second kappa shape index (κ2) is 7.43. The smallest absolute Gasteiger partial charge is 0.169 e. The molecule has 2 heteroatoms. The monoisotopic (exact) mass is 333 g/mol. The lowest BCUT2D eigenvalue weighted by molar-refractivity contribution is -0.697. The van der Waals surface area contributed by atoms with Crippen LogP contribution in [0.1, 0.15) is 54.9 Å². The van der Waals surface area contributed by atoms with Crippen molar-refractivity contribution in [3.8, 4) is 0 Å². The minimum absolute atomic E-state index is 1.12. The van der Waals surface area contributed by atoms with Crippen LogP contribution < -0.4 is 9.47 Å². The van der Waals surface area contributed by atoms with Gasteiger partial charge in [-0.15, -0.1) is 0 Å². The van der Waals surface area contributed by atoms with Crippen LogP contribution in [0.4, 0.5) is 5.69 Å². The molecule has 1 aromatic carbocycles. The first kappa shape index (κ1) is 16.4. The maximum atomic E-state index is 2.61. The van der Waals surface area contributed by atoms with Crippen molar-refractivity contribution in [1.82, 2.24) is 0 Å². The molecule has 130 valence electrons. The summed E-state index contributed by atoms with van der Waals surface area (Å²) in [6.07, 6.45) is 16.5. The van der Waals surface area contributed by atoms with Crippen molar-refractivity contribution < 1.29 is 4.57 Å². The Hall–Kier alpha value is -2.09. The van der Waals surface area contributed by atoms with Gasteiger partial charge in [-0.3, -0.25) is 0 Å². The third-order valence-corrected chi connectivity index (χ3v) is 5.51. The summed E-state index contributed by atoms with van der Waals surface area (Å²) in [5.74, 6) is 0. The minimum Gasteiger partial charge on any atom is -0.371 e. The van der Waals surface area contributed by atoms with Gasteiger partial charge in [-0.1, -0.05) is 25.5 Å². The summed E-state index contributed by atoms with van der Waals surface area (Å²) in [6.45, 7) is 5.85. The molecule has 1 aromatic heterocycles. The number of aromatic nitrogens is 1. The number of rotatable bonds is 5. The molecule has 2 aliphatic heterocycles. The van der Waals surface area contributed by atoms with Gasteiger partial charge in [0.05, 0.1) is 0 Å². The quantitative estimate of drug-likeness (QED) is 0.723. The first-order valence-corrected chi connectivity index (χ1v) is 9.91. The van der Waals surface area contributed by atoms with E-state index in [0.29, 0.717) is 0 Å². The van der Waals surface area contributed by atoms with Gasteiger partial charge in [-0.25, -0.2) is 4.57 Å². The Labute approximate surface area is 151 Å². The molecule has 25 heavy (non-hydrogen) atoms. The Balaban J connectivity index is 1.53. The van der Waals surface area contributed by atoms with E-state index in [1.165, 1.54) is 62.7 Å². The fourth-order valence-corrected chi connectivity index (χ4v) is 4.19. The van der Waals surface area contributed by atoms with Crippen LogP contribution in [0, 0.1) is 0 Å². The van der Waals surface area contributed by atoms with Crippen molar-refractivity contribution in [2.75, 3.05) is 18.0 Å². The number of nitrogens with zero attached hydrogens (tertiary/aromatic N) is 2. The van der Waals surface area contributed by atoms with Gasteiger partial charge < -0.3 is 4.90 Å². The second-order valence-corrected chi connectivity index (χ2v) is 7.44. The highest BCUT2D eigenvalue weighted by molar-refractivity contribution is 5.74. The highest BCUT2D eigenvalue weighted by Gasteiger charge is 2.23. The van der Waals surface area contributed by atoms with Crippen molar-refractivity contribution in [2.45, 2.75) is 52.0 Å². The third-order valence-electron chi connectivity index (χ3n) is 5.51. The molecule has 0 N–H and O–H groups in total. The van der Waals surface area contributed by atoms with Gasteiger partial charge in [0, 0.05) is 37.3 Å². The maximum Gasteiger partial charge on any atom is 0.169 e. The molecule has 4 rings (SSSR count). The van der Waals surface area contributed by atoms with Gasteiger partial charge in [0.2, 0.25) is 0 Å². The Kier molecular flexibility index (Phi) is 4.87. The number of benzene rings is 1. The lowest BCUT2D eigenvalue weighted by Gasteiger charge is -2.37. The fourth-order valence-electron chi connectivity index (χ4n) is 4.19. The van der Waals surface area contributed by atoms with Crippen LogP contribution in [0.5, 0.6) is 0 Å². The normalized spacial score (nSPS) is 16.3. The average Bonchev–Trinajstić information content (AvgIpc) is 2.66. The molecule has 0 amide bonds. The van der Waals surface area contributed by atoms with E-state index in [1.807, 2.05) is 0 Å². The highest BCUT2D eigenvalue weighted by atomic mass is 15.1. The van der Waals surface area contributed by atoms with Gasteiger partial charge in [-0.05, 0) is 60.1 Å². The van der Waals surface area contributed by atoms with Crippen LogP contribution in [-0.4, -0.2) is 13.1 Å². The van der Waals surface area contributed by atoms with Crippen LogP contribution in [0.2, 0.25) is 0 Å². The first-order chi connectivity index (χ1) is 12.3. The number of anilines is 1.